The van der Waals surface area contributed by atoms with Crippen LogP contribution in [0.4, 0.5) is 13.2 Å². The van der Waals surface area contributed by atoms with Gasteiger partial charge in [0.15, 0.2) is 0 Å². The van der Waals surface area contributed by atoms with E-state index < -0.39 is 37.8 Å². The van der Waals surface area contributed by atoms with E-state index in [4.69, 9.17) is 16.3 Å². The van der Waals surface area contributed by atoms with Crippen LogP contribution in [0.25, 0.3) is 0 Å². The third kappa shape index (κ3) is 4.44. The molecule has 1 aliphatic rings. The van der Waals surface area contributed by atoms with Crippen LogP contribution < -0.4 is 10.3 Å². The second-order valence-electron chi connectivity index (χ2n) is 6.76. The van der Waals surface area contributed by atoms with Crippen LogP contribution in [0, 0.1) is 6.92 Å². The molecule has 1 aromatic carbocycles. The minimum Gasteiger partial charge on any atom is -0.489 e. The number of aromatic nitrogens is 1. The molecule has 0 bridgehead atoms. The van der Waals surface area contributed by atoms with Gasteiger partial charge in [0, 0.05) is 25.4 Å². The molecule has 3 rings (SSSR count). The van der Waals surface area contributed by atoms with E-state index in [1.54, 1.807) is 20.0 Å². The fourth-order valence-corrected chi connectivity index (χ4v) is 4.78. The first kappa shape index (κ1) is 21.7. The van der Waals surface area contributed by atoms with Crippen LogP contribution in [0.2, 0.25) is 5.02 Å². The minimum absolute atomic E-state index is 0.0411. The number of ether oxygens (including phenoxy) is 1. The molecule has 1 unspecified atom stereocenters. The third-order valence-corrected chi connectivity index (χ3v) is 6.96. The summed E-state index contributed by atoms with van der Waals surface area (Å²) in [6.45, 7) is 1.78. The highest BCUT2D eigenvalue weighted by Crippen LogP contribution is 2.36. The first-order chi connectivity index (χ1) is 13.4. The molecule has 29 heavy (non-hydrogen) atoms. The van der Waals surface area contributed by atoms with E-state index >= 15 is 0 Å². The molecule has 1 saturated heterocycles. The number of hydrogen-bond acceptors (Lipinski definition) is 4. The second kappa shape index (κ2) is 7.66. The summed E-state index contributed by atoms with van der Waals surface area (Å²) in [5.74, 6) is 0.320. The van der Waals surface area contributed by atoms with Crippen LogP contribution in [0.15, 0.2) is 40.0 Å². The van der Waals surface area contributed by atoms with Gasteiger partial charge in [-0.15, -0.1) is 0 Å². The number of nitrogens with zero attached hydrogens (tertiary/aromatic N) is 2. The molecule has 0 saturated carbocycles. The quantitative estimate of drug-likeness (QED) is 0.717. The molecule has 0 aliphatic carbocycles. The Kier molecular flexibility index (Phi) is 5.72. The predicted molar refractivity (Wildman–Crippen MR) is 101 cm³/mol. The van der Waals surface area contributed by atoms with Crippen molar-refractivity contribution in [1.29, 1.82) is 0 Å². The molecule has 158 valence electrons. The Bertz CT molecular complexity index is 1100. The minimum atomic E-state index is -4.77. The molecule has 1 aromatic heterocycles. The zero-order valence-electron chi connectivity index (χ0n) is 15.5. The van der Waals surface area contributed by atoms with Crippen LogP contribution in [-0.2, 0) is 23.2 Å². The van der Waals surface area contributed by atoms with E-state index in [0.29, 0.717) is 23.9 Å². The molecule has 1 atom stereocenters. The monoisotopic (exact) mass is 450 g/mol. The van der Waals surface area contributed by atoms with E-state index in [0.717, 1.165) is 16.4 Å². The number of rotatable bonds is 4. The van der Waals surface area contributed by atoms with Crippen molar-refractivity contribution in [3.63, 3.8) is 0 Å². The summed E-state index contributed by atoms with van der Waals surface area (Å²) in [6, 6.07) is 5.47. The number of aryl methyl sites for hydroxylation is 1. The molecular weight excluding hydrogens is 433 g/mol. The number of pyridine rings is 1. The second-order valence-corrected chi connectivity index (χ2v) is 9.11. The zero-order chi connectivity index (χ0) is 21.6. The first-order valence-corrected chi connectivity index (χ1v) is 10.4. The molecular formula is C18H18ClF3N2O4S. The Labute approximate surface area is 170 Å². The summed E-state index contributed by atoms with van der Waals surface area (Å²) in [7, 11) is -2.54. The maximum atomic E-state index is 13.1. The van der Waals surface area contributed by atoms with E-state index in [1.165, 1.54) is 10.6 Å². The zero-order valence-corrected chi connectivity index (χ0v) is 17.1. The molecule has 11 heteroatoms. The van der Waals surface area contributed by atoms with Crippen LogP contribution in [0.5, 0.6) is 5.75 Å². The highest BCUT2D eigenvalue weighted by atomic mass is 35.5. The van der Waals surface area contributed by atoms with Crippen LogP contribution in [-0.4, -0.2) is 36.5 Å². The molecule has 1 fully saturated rings. The SMILES string of the molecule is Cc1cc(OC2CCN(S(=O)(=O)c3ccc(Cl)c(C(F)(F)F)c3)C2)cc(=O)n1C. The van der Waals surface area contributed by atoms with Gasteiger partial charge in [-0.1, -0.05) is 11.6 Å². The summed E-state index contributed by atoms with van der Waals surface area (Å²) >= 11 is 5.56. The van der Waals surface area contributed by atoms with E-state index in [1.807, 2.05) is 0 Å². The van der Waals surface area contributed by atoms with Gasteiger partial charge < -0.3 is 9.30 Å². The summed E-state index contributed by atoms with van der Waals surface area (Å²) in [6.07, 6.45) is -4.95. The lowest BCUT2D eigenvalue weighted by molar-refractivity contribution is -0.137. The highest BCUT2D eigenvalue weighted by Gasteiger charge is 2.37. The largest absolute Gasteiger partial charge is 0.489 e. The van der Waals surface area contributed by atoms with E-state index in [9.17, 15) is 26.4 Å². The van der Waals surface area contributed by atoms with Crippen molar-refractivity contribution in [2.45, 2.75) is 30.5 Å². The Hall–Kier alpha value is -2.04. The summed E-state index contributed by atoms with van der Waals surface area (Å²) in [5, 5.41) is -0.569. The van der Waals surface area contributed by atoms with Gasteiger partial charge in [-0.3, -0.25) is 4.79 Å². The first-order valence-electron chi connectivity index (χ1n) is 8.61. The maximum Gasteiger partial charge on any atom is 0.417 e. The van der Waals surface area contributed by atoms with Crippen molar-refractivity contribution in [1.82, 2.24) is 8.87 Å². The van der Waals surface area contributed by atoms with Gasteiger partial charge in [0.05, 0.1) is 22.0 Å². The van der Waals surface area contributed by atoms with Crippen LogP contribution in [0.1, 0.15) is 17.7 Å². The lowest BCUT2D eigenvalue weighted by atomic mass is 10.2. The molecule has 0 N–H and O–H groups in total. The standard InChI is InChI=1S/C18H18ClF3N2O4S/c1-11-7-13(8-17(25)23(11)2)28-12-5-6-24(10-12)29(26,27)14-3-4-16(19)15(9-14)18(20,21)22/h3-4,7-9,12H,5-6,10H2,1-2H3. The average Bonchev–Trinajstić information content (AvgIpc) is 3.08. The molecule has 0 spiro atoms. The lowest BCUT2D eigenvalue weighted by Gasteiger charge is -2.19. The van der Waals surface area contributed by atoms with Crippen molar-refractivity contribution in [2.75, 3.05) is 13.1 Å². The van der Waals surface area contributed by atoms with Crippen LogP contribution >= 0.6 is 11.6 Å². The van der Waals surface area contributed by atoms with Gasteiger partial charge >= 0.3 is 6.18 Å². The maximum absolute atomic E-state index is 13.1. The Morgan fingerprint density at radius 2 is 1.90 bits per heavy atom. The molecule has 6 nitrogen and oxygen atoms in total. The fraction of sp³-hybridized carbons (Fsp3) is 0.389. The number of hydrogen-bond donors (Lipinski definition) is 0. The Balaban J connectivity index is 1.80. The van der Waals surface area contributed by atoms with Gasteiger partial charge in [0.1, 0.15) is 11.9 Å². The number of benzene rings is 1. The number of sulfonamides is 1. The topological polar surface area (TPSA) is 68.6 Å². The van der Waals surface area contributed by atoms with E-state index in [-0.39, 0.29) is 18.6 Å². The third-order valence-electron chi connectivity index (χ3n) is 4.77. The molecule has 1 aliphatic heterocycles. The summed E-state index contributed by atoms with van der Waals surface area (Å²) < 4.78 is 73.0. The normalized spacial score (nSPS) is 18.2. The van der Waals surface area contributed by atoms with Gasteiger partial charge in [-0.05, 0) is 37.6 Å². The lowest BCUT2D eigenvalue weighted by Crippen LogP contribution is -2.31. The number of halogens is 4. The van der Waals surface area contributed by atoms with Crippen molar-refractivity contribution in [3.8, 4) is 5.75 Å². The van der Waals surface area contributed by atoms with Crippen molar-refractivity contribution in [2.24, 2.45) is 7.05 Å². The summed E-state index contributed by atoms with van der Waals surface area (Å²) in [4.78, 5) is 11.4. The van der Waals surface area contributed by atoms with Gasteiger partial charge in [0.2, 0.25) is 10.0 Å². The van der Waals surface area contributed by atoms with Crippen molar-refractivity contribution < 1.29 is 26.3 Å². The smallest absolute Gasteiger partial charge is 0.417 e. The van der Waals surface area contributed by atoms with E-state index in [2.05, 4.69) is 0 Å². The Morgan fingerprint density at radius 1 is 1.21 bits per heavy atom. The van der Waals surface area contributed by atoms with Crippen molar-refractivity contribution in [3.05, 3.63) is 57.0 Å². The highest BCUT2D eigenvalue weighted by molar-refractivity contribution is 7.89. The summed E-state index contributed by atoms with van der Waals surface area (Å²) in [5.41, 5.74) is -0.790. The van der Waals surface area contributed by atoms with Gasteiger partial charge in [0.25, 0.3) is 5.56 Å². The van der Waals surface area contributed by atoms with Crippen LogP contribution in [0.3, 0.4) is 0 Å². The average molecular weight is 451 g/mol. The van der Waals surface area contributed by atoms with Crippen molar-refractivity contribution >= 4 is 21.6 Å². The predicted octanol–water partition coefficient (Wildman–Crippen LogP) is 3.21. The fourth-order valence-electron chi connectivity index (χ4n) is 3.04. The van der Waals surface area contributed by atoms with Gasteiger partial charge in [-0.2, -0.15) is 17.5 Å². The molecule has 0 radical (unpaired) electrons. The molecule has 2 aromatic rings. The molecule has 2 heterocycles. The Morgan fingerprint density at radius 3 is 2.52 bits per heavy atom. The van der Waals surface area contributed by atoms with Gasteiger partial charge in [-0.25, -0.2) is 8.42 Å². The molecule has 0 amide bonds. The number of alkyl halides is 3.